The summed E-state index contributed by atoms with van der Waals surface area (Å²) in [5, 5.41) is 18.2. The molecule has 0 radical (unpaired) electrons. The molecule has 242 valence electrons. The number of carbonyl (C=O) groups excluding carboxylic acids is 1. The third-order valence-corrected chi connectivity index (χ3v) is 8.02. The maximum atomic E-state index is 13.8. The maximum absolute atomic E-state index is 13.8. The zero-order valence-corrected chi connectivity index (χ0v) is 25.0. The molecule has 3 aromatic rings. The molecule has 12 nitrogen and oxygen atoms in total. The van der Waals surface area contributed by atoms with E-state index in [0.29, 0.717) is 43.3 Å². The number of carboxylic acid groups (broad SMARTS) is 1. The fraction of sp³-hybridized carbons (Fsp3) is 0.500. The largest absolute Gasteiger partial charge is 0.490 e. The second-order valence-corrected chi connectivity index (χ2v) is 11.0. The van der Waals surface area contributed by atoms with Crippen LogP contribution in [0.25, 0.3) is 11.4 Å². The molecule has 1 amide bonds. The average molecular weight is 632 g/mol. The van der Waals surface area contributed by atoms with Crippen LogP contribution in [-0.2, 0) is 40.1 Å². The van der Waals surface area contributed by atoms with Gasteiger partial charge in [-0.25, -0.2) is 4.79 Å². The Kier molecular flexibility index (Phi) is 9.87. The molecule has 3 N–H and O–H groups in total. The highest BCUT2D eigenvalue weighted by Crippen LogP contribution is 2.26. The van der Waals surface area contributed by atoms with Crippen LogP contribution in [0.15, 0.2) is 29.1 Å². The second-order valence-electron chi connectivity index (χ2n) is 11.0. The first-order chi connectivity index (χ1) is 21.6. The van der Waals surface area contributed by atoms with Gasteiger partial charge < -0.3 is 29.9 Å². The Hall–Kier alpha value is -4.24. The molecule has 45 heavy (non-hydrogen) atoms. The number of alkyl halides is 3. The number of aryl methyl sites for hydroxylation is 2. The van der Waals surface area contributed by atoms with Crippen LogP contribution in [0, 0.1) is 0 Å². The second kappa shape index (κ2) is 13.8. The summed E-state index contributed by atoms with van der Waals surface area (Å²) in [6.07, 6.45) is 2.73. The highest BCUT2D eigenvalue weighted by molar-refractivity contribution is 5.91. The quantitative estimate of drug-likeness (QED) is 0.374. The normalized spacial score (nSPS) is 16.8. The number of anilines is 2. The van der Waals surface area contributed by atoms with Crippen LogP contribution in [-0.4, -0.2) is 81.7 Å². The molecule has 3 aliphatic rings. The summed E-state index contributed by atoms with van der Waals surface area (Å²) in [5.41, 5.74) is 5.71. The van der Waals surface area contributed by atoms with Crippen molar-refractivity contribution in [1.82, 2.24) is 24.5 Å². The van der Waals surface area contributed by atoms with Gasteiger partial charge in [0.05, 0.1) is 18.9 Å². The van der Waals surface area contributed by atoms with Crippen LogP contribution >= 0.6 is 0 Å². The van der Waals surface area contributed by atoms with Crippen LogP contribution in [0.4, 0.5) is 24.5 Å². The van der Waals surface area contributed by atoms with E-state index in [1.165, 1.54) is 28.5 Å². The first-order valence-electron chi connectivity index (χ1n) is 15.0. The van der Waals surface area contributed by atoms with Crippen molar-refractivity contribution in [2.45, 2.75) is 58.2 Å². The summed E-state index contributed by atoms with van der Waals surface area (Å²) in [4.78, 5) is 43.0. The molecule has 6 rings (SSSR count). The van der Waals surface area contributed by atoms with E-state index in [9.17, 15) is 22.8 Å². The molecule has 1 aromatic carbocycles. The molecule has 1 aliphatic carbocycles. The van der Waals surface area contributed by atoms with Crippen LogP contribution in [0.2, 0.25) is 0 Å². The van der Waals surface area contributed by atoms with Crippen molar-refractivity contribution in [2.24, 2.45) is 0 Å². The van der Waals surface area contributed by atoms with Crippen LogP contribution < -0.4 is 21.1 Å². The van der Waals surface area contributed by atoms with Gasteiger partial charge in [-0.3, -0.25) is 9.59 Å². The number of benzene rings is 1. The topological polar surface area (TPSA) is 143 Å². The number of carboxylic acids is 1. The van der Waals surface area contributed by atoms with E-state index in [-0.39, 0.29) is 18.0 Å². The van der Waals surface area contributed by atoms with Crippen molar-refractivity contribution in [3.63, 3.8) is 0 Å². The Morgan fingerprint density at radius 1 is 1.11 bits per heavy atom. The van der Waals surface area contributed by atoms with E-state index < -0.39 is 12.1 Å². The number of amides is 1. The smallest absolute Gasteiger partial charge is 0.475 e. The van der Waals surface area contributed by atoms with Crippen LogP contribution in [0.1, 0.15) is 48.8 Å². The van der Waals surface area contributed by atoms with E-state index >= 15 is 0 Å². The number of nitrogens with zero attached hydrogens (tertiary/aromatic N) is 5. The molecule has 15 heteroatoms. The minimum Gasteiger partial charge on any atom is -0.475 e. The third kappa shape index (κ3) is 7.36. The lowest BCUT2D eigenvalue weighted by Gasteiger charge is -2.31. The molecular formula is C30H36F3N7O5. The molecule has 0 spiro atoms. The predicted molar refractivity (Wildman–Crippen MR) is 161 cm³/mol. The minimum absolute atomic E-state index is 0.0451. The van der Waals surface area contributed by atoms with Gasteiger partial charge in [0.2, 0.25) is 11.7 Å². The van der Waals surface area contributed by atoms with E-state index in [1.54, 1.807) is 0 Å². The number of piperazine rings is 1. The fourth-order valence-corrected chi connectivity index (χ4v) is 5.84. The summed E-state index contributed by atoms with van der Waals surface area (Å²) >= 11 is 0. The third-order valence-electron chi connectivity index (χ3n) is 8.02. The Morgan fingerprint density at radius 3 is 2.47 bits per heavy atom. The van der Waals surface area contributed by atoms with E-state index in [1.807, 2.05) is 23.6 Å². The fourth-order valence-electron chi connectivity index (χ4n) is 5.84. The van der Waals surface area contributed by atoms with Gasteiger partial charge in [-0.1, -0.05) is 19.1 Å². The van der Waals surface area contributed by atoms with Crippen molar-refractivity contribution >= 4 is 34.6 Å². The van der Waals surface area contributed by atoms with Gasteiger partial charge in [0, 0.05) is 31.9 Å². The summed E-state index contributed by atoms with van der Waals surface area (Å²) in [7, 11) is 0. The highest BCUT2D eigenvalue weighted by Gasteiger charge is 2.38. The lowest BCUT2D eigenvalue weighted by Crippen LogP contribution is -2.47. The number of halogens is 3. The SMILES string of the molecule is CCc1c(N2CCNCC2)c(=O)n2nc(C3=CCOCC3)nc2n1CC(=O)Nc1ccc2c(c1)CCCC2.O=C(O)C(F)(F)F. The Balaban J connectivity index is 0.000000515. The Bertz CT molecular complexity index is 1660. The monoisotopic (exact) mass is 631 g/mol. The van der Waals surface area contributed by atoms with Crippen LogP contribution in [0.3, 0.4) is 0 Å². The number of rotatable bonds is 6. The van der Waals surface area contributed by atoms with Crippen molar-refractivity contribution in [3.05, 3.63) is 57.3 Å². The predicted octanol–water partition coefficient (Wildman–Crippen LogP) is 2.82. The first-order valence-corrected chi connectivity index (χ1v) is 15.0. The zero-order chi connectivity index (χ0) is 32.1. The summed E-state index contributed by atoms with van der Waals surface area (Å²) in [6, 6.07) is 6.23. The Morgan fingerprint density at radius 2 is 1.82 bits per heavy atom. The zero-order valence-electron chi connectivity index (χ0n) is 25.0. The lowest BCUT2D eigenvalue weighted by atomic mass is 9.91. The number of ether oxygens (including phenoxy) is 1. The van der Waals surface area contributed by atoms with Gasteiger partial charge >= 0.3 is 12.1 Å². The molecular weight excluding hydrogens is 595 g/mol. The minimum atomic E-state index is -5.08. The van der Waals surface area contributed by atoms with Crippen molar-refractivity contribution in [2.75, 3.05) is 49.6 Å². The standard InChI is InChI=1S/C28H35N7O3.C2HF3O2/c1-2-23-25(33-13-11-29-12-14-33)27(37)35-28(31-26(32-35)20-9-15-38-16-10-20)34(23)18-24(36)30-22-8-7-19-5-3-4-6-21(19)17-22;3-2(4,5)1(6)7/h7-9,17,29H,2-6,10-16,18H2,1H3,(H,30,36);(H,6,7). The van der Waals surface area contributed by atoms with Gasteiger partial charge in [-0.2, -0.15) is 22.7 Å². The number of aliphatic carboxylic acids is 1. The molecule has 2 aliphatic heterocycles. The maximum Gasteiger partial charge on any atom is 0.490 e. The summed E-state index contributed by atoms with van der Waals surface area (Å²) in [5.74, 6) is -1.99. The molecule has 1 fully saturated rings. The van der Waals surface area contributed by atoms with Gasteiger partial charge in [0.1, 0.15) is 12.2 Å². The van der Waals surface area contributed by atoms with Crippen molar-refractivity contribution in [1.29, 1.82) is 0 Å². The van der Waals surface area contributed by atoms with Gasteiger partial charge in [-0.05, 0) is 67.4 Å². The molecule has 0 saturated carbocycles. The molecule has 0 unspecified atom stereocenters. The number of fused-ring (bicyclic) bond motifs is 2. The van der Waals surface area contributed by atoms with Crippen molar-refractivity contribution < 1.29 is 32.6 Å². The average Bonchev–Trinajstić information content (AvgIpc) is 3.49. The molecule has 0 bridgehead atoms. The number of hydrogen-bond acceptors (Lipinski definition) is 8. The Labute approximate surface area is 256 Å². The van der Waals surface area contributed by atoms with Gasteiger partial charge in [-0.15, -0.1) is 5.10 Å². The first kappa shape index (κ1) is 32.2. The molecule has 4 heterocycles. The number of hydrogen-bond donors (Lipinski definition) is 3. The van der Waals surface area contributed by atoms with E-state index in [0.717, 1.165) is 56.0 Å². The van der Waals surface area contributed by atoms with Gasteiger partial charge in [0.15, 0.2) is 5.82 Å². The summed E-state index contributed by atoms with van der Waals surface area (Å²) < 4.78 is 40.4. The van der Waals surface area contributed by atoms with Crippen molar-refractivity contribution in [3.8, 4) is 0 Å². The van der Waals surface area contributed by atoms with E-state index in [2.05, 4.69) is 32.8 Å². The number of carbonyl (C=O) groups is 2. The molecule has 1 saturated heterocycles. The molecule has 0 atom stereocenters. The van der Waals surface area contributed by atoms with E-state index in [4.69, 9.17) is 19.6 Å². The summed E-state index contributed by atoms with van der Waals surface area (Å²) in [6.45, 7) is 6.21. The van der Waals surface area contributed by atoms with Crippen LogP contribution in [0.5, 0.6) is 0 Å². The lowest BCUT2D eigenvalue weighted by molar-refractivity contribution is -0.192. The highest BCUT2D eigenvalue weighted by atomic mass is 19.4. The number of nitrogens with one attached hydrogen (secondary N) is 2. The molecule has 2 aromatic heterocycles. The van der Waals surface area contributed by atoms with Gasteiger partial charge in [0.25, 0.3) is 5.56 Å². The number of aromatic nitrogens is 4.